The molecule has 152 valence electrons. The van der Waals surface area contributed by atoms with Crippen LogP contribution in [0.5, 0.6) is 0 Å². The fourth-order valence-electron chi connectivity index (χ4n) is 3.91. The summed E-state index contributed by atoms with van der Waals surface area (Å²) in [5.74, 6) is -0.0954. The number of anilines is 1. The van der Waals surface area contributed by atoms with E-state index in [0.29, 0.717) is 17.7 Å². The van der Waals surface area contributed by atoms with Crippen LogP contribution < -0.4 is 10.2 Å². The summed E-state index contributed by atoms with van der Waals surface area (Å²) >= 11 is 0. The number of nitrogens with one attached hydrogen (secondary N) is 1. The summed E-state index contributed by atoms with van der Waals surface area (Å²) in [4.78, 5) is 27.7. The average molecular weight is 399 g/mol. The lowest BCUT2D eigenvalue weighted by molar-refractivity contribution is 0.0939. The molecule has 2 amide bonds. The molecule has 4 rings (SSSR count). The van der Waals surface area contributed by atoms with Crippen molar-refractivity contribution in [3.63, 3.8) is 0 Å². The van der Waals surface area contributed by atoms with Gasteiger partial charge in [0, 0.05) is 23.4 Å². The topological polar surface area (TPSA) is 49.4 Å². The number of hydrogen-bond acceptors (Lipinski definition) is 2. The van der Waals surface area contributed by atoms with E-state index in [1.165, 1.54) is 0 Å². The van der Waals surface area contributed by atoms with Gasteiger partial charge in [0.1, 0.15) is 0 Å². The summed E-state index contributed by atoms with van der Waals surface area (Å²) in [7, 11) is 0. The van der Waals surface area contributed by atoms with E-state index in [4.69, 9.17) is 0 Å². The third-order valence-electron chi connectivity index (χ3n) is 5.65. The summed E-state index contributed by atoms with van der Waals surface area (Å²) in [6.45, 7) is 4.68. The van der Waals surface area contributed by atoms with Crippen LogP contribution >= 0.6 is 0 Å². The maximum Gasteiger partial charge on any atom is 0.258 e. The predicted octanol–water partition coefficient (Wildman–Crippen LogP) is 5.08. The highest BCUT2D eigenvalue weighted by atomic mass is 16.2. The zero-order chi connectivity index (χ0) is 21.1. The normalized spacial score (nSPS) is 14.0. The number of aryl methyl sites for hydroxylation is 2. The molecule has 4 heteroatoms. The number of carbonyl (C=O) groups is 2. The molecule has 0 aromatic heterocycles. The van der Waals surface area contributed by atoms with Crippen molar-refractivity contribution in [3.05, 3.63) is 101 Å². The number of amides is 2. The molecule has 0 radical (unpaired) electrons. The third kappa shape index (κ3) is 4.13. The van der Waals surface area contributed by atoms with Crippen molar-refractivity contribution in [2.75, 3.05) is 11.4 Å². The molecule has 30 heavy (non-hydrogen) atoms. The van der Waals surface area contributed by atoms with E-state index < -0.39 is 0 Å². The summed E-state index contributed by atoms with van der Waals surface area (Å²) in [5.41, 5.74) is 5.46. The van der Waals surface area contributed by atoms with Crippen LogP contribution in [0.15, 0.2) is 72.8 Å². The summed E-state index contributed by atoms with van der Waals surface area (Å²) < 4.78 is 0. The molecule has 3 aromatic carbocycles. The maximum absolute atomic E-state index is 13.0. The molecule has 0 saturated carbocycles. The van der Waals surface area contributed by atoms with E-state index in [9.17, 15) is 9.59 Å². The number of rotatable bonds is 4. The Hall–Kier alpha value is -3.40. The van der Waals surface area contributed by atoms with Gasteiger partial charge >= 0.3 is 0 Å². The SMILES string of the molecule is Cc1ccc(C(=O)N2CCCc3cc(C(=O)N[C@H](C)c4ccccc4)ccc32)cc1. The fraction of sp³-hybridized carbons (Fsp3) is 0.231. The lowest BCUT2D eigenvalue weighted by Gasteiger charge is -2.30. The Morgan fingerprint density at radius 3 is 2.37 bits per heavy atom. The molecule has 1 N–H and O–H groups in total. The van der Waals surface area contributed by atoms with Crippen molar-refractivity contribution in [3.8, 4) is 0 Å². The number of carbonyl (C=O) groups excluding carboxylic acids is 2. The minimum Gasteiger partial charge on any atom is -0.346 e. The van der Waals surface area contributed by atoms with Crippen LogP contribution in [0.2, 0.25) is 0 Å². The second-order valence-electron chi connectivity index (χ2n) is 7.88. The number of fused-ring (bicyclic) bond motifs is 1. The van der Waals surface area contributed by atoms with Crippen LogP contribution in [0.4, 0.5) is 5.69 Å². The van der Waals surface area contributed by atoms with Crippen molar-refractivity contribution < 1.29 is 9.59 Å². The molecule has 0 fully saturated rings. The van der Waals surface area contributed by atoms with E-state index in [2.05, 4.69) is 5.32 Å². The van der Waals surface area contributed by atoms with E-state index in [1.54, 1.807) is 0 Å². The van der Waals surface area contributed by atoms with Gasteiger partial charge in [-0.25, -0.2) is 0 Å². The zero-order valence-electron chi connectivity index (χ0n) is 17.4. The Balaban J connectivity index is 1.53. The Morgan fingerprint density at radius 2 is 1.63 bits per heavy atom. The Kier molecular flexibility index (Phi) is 5.66. The van der Waals surface area contributed by atoms with Gasteiger partial charge in [0.25, 0.3) is 11.8 Å². The van der Waals surface area contributed by atoms with Gasteiger partial charge in [0.15, 0.2) is 0 Å². The standard InChI is InChI=1S/C26H26N2O2/c1-18-10-12-21(13-11-18)26(30)28-16-6-9-22-17-23(14-15-24(22)28)25(29)27-19(2)20-7-4-3-5-8-20/h3-5,7-8,10-15,17,19H,6,9,16H2,1-2H3,(H,27,29)/t19-/m1/s1. The van der Waals surface area contributed by atoms with Gasteiger partial charge in [0.2, 0.25) is 0 Å². The van der Waals surface area contributed by atoms with Gasteiger partial charge in [-0.05, 0) is 68.1 Å². The first-order valence-electron chi connectivity index (χ1n) is 10.4. The predicted molar refractivity (Wildman–Crippen MR) is 120 cm³/mol. The molecule has 0 unspecified atom stereocenters. The number of hydrogen-bond donors (Lipinski definition) is 1. The van der Waals surface area contributed by atoms with Crippen molar-refractivity contribution in [1.82, 2.24) is 5.32 Å². The first-order chi connectivity index (χ1) is 14.5. The summed E-state index contributed by atoms with van der Waals surface area (Å²) in [6, 6.07) is 23.1. The molecule has 1 heterocycles. The minimum absolute atomic E-state index is 0.00542. The van der Waals surface area contributed by atoms with Crippen LogP contribution in [-0.4, -0.2) is 18.4 Å². The van der Waals surface area contributed by atoms with Gasteiger partial charge < -0.3 is 10.2 Å². The highest BCUT2D eigenvalue weighted by molar-refractivity contribution is 6.07. The third-order valence-corrected chi connectivity index (χ3v) is 5.65. The average Bonchev–Trinajstić information content (AvgIpc) is 2.79. The quantitative estimate of drug-likeness (QED) is 0.666. The van der Waals surface area contributed by atoms with Crippen LogP contribution in [0.1, 0.15) is 56.8 Å². The van der Waals surface area contributed by atoms with Crippen LogP contribution in [0, 0.1) is 6.92 Å². The van der Waals surface area contributed by atoms with Crippen LogP contribution in [0.3, 0.4) is 0 Å². The van der Waals surface area contributed by atoms with E-state index in [-0.39, 0.29) is 17.9 Å². The first kappa shape index (κ1) is 19.9. The van der Waals surface area contributed by atoms with E-state index in [0.717, 1.165) is 35.2 Å². The Labute approximate surface area is 177 Å². The smallest absolute Gasteiger partial charge is 0.258 e. The van der Waals surface area contributed by atoms with Gasteiger partial charge in [-0.15, -0.1) is 0 Å². The molecule has 0 bridgehead atoms. The maximum atomic E-state index is 13.0. The highest BCUT2D eigenvalue weighted by Crippen LogP contribution is 2.29. The molecule has 0 aliphatic carbocycles. The molecular weight excluding hydrogens is 372 g/mol. The first-order valence-corrected chi connectivity index (χ1v) is 10.4. The second kappa shape index (κ2) is 8.54. The molecule has 0 spiro atoms. The highest BCUT2D eigenvalue weighted by Gasteiger charge is 2.24. The molecule has 1 aliphatic rings. The summed E-state index contributed by atoms with van der Waals surface area (Å²) in [5, 5.41) is 3.06. The molecule has 0 saturated heterocycles. The van der Waals surface area contributed by atoms with Gasteiger partial charge in [-0.2, -0.15) is 0 Å². The molecule has 1 aliphatic heterocycles. The Bertz CT molecular complexity index is 1060. The monoisotopic (exact) mass is 398 g/mol. The van der Waals surface area contributed by atoms with E-state index in [1.807, 2.05) is 91.5 Å². The van der Waals surface area contributed by atoms with Gasteiger partial charge in [0.05, 0.1) is 6.04 Å². The number of benzene rings is 3. The minimum atomic E-state index is -0.101. The van der Waals surface area contributed by atoms with Gasteiger partial charge in [-0.3, -0.25) is 9.59 Å². The Morgan fingerprint density at radius 1 is 0.933 bits per heavy atom. The van der Waals surface area contributed by atoms with Crippen molar-refractivity contribution >= 4 is 17.5 Å². The number of nitrogens with zero attached hydrogens (tertiary/aromatic N) is 1. The molecule has 4 nitrogen and oxygen atoms in total. The molecule has 1 atom stereocenters. The fourth-order valence-corrected chi connectivity index (χ4v) is 3.91. The van der Waals surface area contributed by atoms with Crippen LogP contribution in [-0.2, 0) is 6.42 Å². The summed E-state index contributed by atoms with van der Waals surface area (Å²) in [6.07, 6.45) is 1.75. The lowest BCUT2D eigenvalue weighted by Crippen LogP contribution is -2.35. The van der Waals surface area contributed by atoms with Gasteiger partial charge in [-0.1, -0.05) is 48.0 Å². The lowest BCUT2D eigenvalue weighted by atomic mass is 9.97. The molecular formula is C26H26N2O2. The largest absolute Gasteiger partial charge is 0.346 e. The van der Waals surface area contributed by atoms with Crippen molar-refractivity contribution in [2.45, 2.75) is 32.7 Å². The van der Waals surface area contributed by atoms with Crippen LogP contribution in [0.25, 0.3) is 0 Å². The van der Waals surface area contributed by atoms with E-state index >= 15 is 0 Å². The van der Waals surface area contributed by atoms with Crippen molar-refractivity contribution in [1.29, 1.82) is 0 Å². The zero-order valence-corrected chi connectivity index (χ0v) is 17.4. The second-order valence-corrected chi connectivity index (χ2v) is 7.88. The van der Waals surface area contributed by atoms with Crippen molar-refractivity contribution in [2.24, 2.45) is 0 Å². The molecule has 3 aromatic rings.